The molecule has 0 unspecified atom stereocenters. The molecule has 0 aliphatic carbocycles. The normalized spacial score (nSPS) is 11.6. The van der Waals surface area contributed by atoms with Crippen LogP contribution in [0.5, 0.6) is 0 Å². The minimum absolute atomic E-state index is 0.995. The summed E-state index contributed by atoms with van der Waals surface area (Å²) in [6.45, 7) is 0. The fourth-order valence-electron chi connectivity index (χ4n) is 5.20. The molecule has 3 aromatic heterocycles. The van der Waals surface area contributed by atoms with Crippen LogP contribution in [0, 0.1) is 0 Å². The average molecular weight is 421 g/mol. The number of benzene rings is 4. The molecule has 0 amide bonds. The molecule has 0 fully saturated rings. The Bertz CT molecular complexity index is 1810. The van der Waals surface area contributed by atoms with Crippen LogP contribution in [-0.2, 0) is 0 Å². The van der Waals surface area contributed by atoms with Crippen molar-refractivity contribution in [2.24, 2.45) is 0 Å². The fraction of sp³-hybridized carbons (Fsp3) is 0. The van der Waals surface area contributed by atoms with Gasteiger partial charge >= 0.3 is 0 Å². The predicted octanol–water partition coefficient (Wildman–Crippen LogP) is 8.13. The zero-order chi connectivity index (χ0) is 21.8. The van der Waals surface area contributed by atoms with Gasteiger partial charge in [0.15, 0.2) is 0 Å². The SMILES string of the molecule is c1ccc(-c2cccc(-c3c4cccnc4n4c5ccccc5c5ccccc5c34)c2)cc1. The number of hydrogen-bond donors (Lipinski definition) is 0. The van der Waals surface area contributed by atoms with Gasteiger partial charge in [-0.05, 0) is 46.3 Å². The van der Waals surface area contributed by atoms with E-state index in [2.05, 4.69) is 114 Å². The molecule has 33 heavy (non-hydrogen) atoms. The molecule has 4 aromatic carbocycles. The van der Waals surface area contributed by atoms with Crippen LogP contribution in [0.2, 0.25) is 0 Å². The lowest BCUT2D eigenvalue weighted by Crippen LogP contribution is -1.92. The predicted molar refractivity (Wildman–Crippen MR) is 139 cm³/mol. The van der Waals surface area contributed by atoms with E-state index in [1.54, 1.807) is 0 Å². The summed E-state index contributed by atoms with van der Waals surface area (Å²) in [4.78, 5) is 4.86. The van der Waals surface area contributed by atoms with Crippen molar-refractivity contribution in [3.05, 3.63) is 121 Å². The van der Waals surface area contributed by atoms with E-state index in [0.717, 1.165) is 5.65 Å². The molecule has 3 heterocycles. The van der Waals surface area contributed by atoms with Gasteiger partial charge < -0.3 is 0 Å². The summed E-state index contributed by atoms with van der Waals surface area (Å²) in [7, 11) is 0. The van der Waals surface area contributed by atoms with Crippen LogP contribution in [0.4, 0.5) is 0 Å². The highest BCUT2D eigenvalue weighted by molar-refractivity contribution is 6.21. The van der Waals surface area contributed by atoms with E-state index >= 15 is 0 Å². The van der Waals surface area contributed by atoms with Crippen molar-refractivity contribution in [1.82, 2.24) is 9.38 Å². The third-order valence-corrected chi connectivity index (χ3v) is 6.60. The summed E-state index contributed by atoms with van der Waals surface area (Å²) in [5, 5.41) is 4.93. The minimum atomic E-state index is 0.995. The summed E-state index contributed by atoms with van der Waals surface area (Å²) in [6, 6.07) is 41.0. The molecular weight excluding hydrogens is 400 g/mol. The van der Waals surface area contributed by atoms with E-state index in [0.29, 0.717) is 0 Å². The maximum atomic E-state index is 4.86. The Kier molecular flexibility index (Phi) is 3.88. The van der Waals surface area contributed by atoms with Gasteiger partial charge in [-0.15, -0.1) is 0 Å². The second-order valence-electron chi connectivity index (χ2n) is 8.44. The van der Waals surface area contributed by atoms with Crippen molar-refractivity contribution < 1.29 is 0 Å². The second-order valence-corrected chi connectivity index (χ2v) is 8.44. The molecule has 2 nitrogen and oxygen atoms in total. The van der Waals surface area contributed by atoms with Crippen LogP contribution < -0.4 is 0 Å². The van der Waals surface area contributed by atoms with Gasteiger partial charge in [-0.2, -0.15) is 0 Å². The average Bonchev–Trinajstić information content (AvgIpc) is 3.25. The molecule has 0 atom stereocenters. The van der Waals surface area contributed by atoms with Gasteiger partial charge in [0, 0.05) is 27.9 Å². The molecule has 0 aliphatic rings. The third kappa shape index (κ3) is 2.64. The van der Waals surface area contributed by atoms with Crippen molar-refractivity contribution in [3.63, 3.8) is 0 Å². The minimum Gasteiger partial charge on any atom is -0.293 e. The van der Waals surface area contributed by atoms with E-state index < -0.39 is 0 Å². The Morgan fingerprint density at radius 2 is 1.15 bits per heavy atom. The number of para-hydroxylation sites is 1. The summed E-state index contributed by atoms with van der Waals surface area (Å²) in [6.07, 6.45) is 1.89. The second kappa shape index (κ2) is 7.04. The van der Waals surface area contributed by atoms with Gasteiger partial charge in [0.1, 0.15) is 5.65 Å². The molecule has 154 valence electrons. The highest BCUT2D eigenvalue weighted by Crippen LogP contribution is 2.42. The molecule has 0 saturated carbocycles. The quantitative estimate of drug-likeness (QED) is 0.258. The topological polar surface area (TPSA) is 17.3 Å². The number of hydrogen-bond acceptors (Lipinski definition) is 1. The largest absolute Gasteiger partial charge is 0.293 e. The van der Waals surface area contributed by atoms with Crippen molar-refractivity contribution in [3.8, 4) is 22.3 Å². The maximum Gasteiger partial charge on any atom is 0.145 e. The van der Waals surface area contributed by atoms with Crippen LogP contribution in [-0.4, -0.2) is 9.38 Å². The van der Waals surface area contributed by atoms with Crippen LogP contribution in [0.3, 0.4) is 0 Å². The zero-order valence-corrected chi connectivity index (χ0v) is 17.9. The van der Waals surface area contributed by atoms with Crippen LogP contribution >= 0.6 is 0 Å². The van der Waals surface area contributed by atoms with Gasteiger partial charge in [0.05, 0.1) is 11.0 Å². The van der Waals surface area contributed by atoms with Crippen LogP contribution in [0.25, 0.3) is 60.5 Å². The third-order valence-electron chi connectivity index (χ3n) is 6.60. The highest BCUT2D eigenvalue weighted by Gasteiger charge is 2.19. The van der Waals surface area contributed by atoms with E-state index in [-0.39, 0.29) is 0 Å². The molecule has 2 heteroatoms. The standard InChI is InChI=1S/C31H20N2/c1-2-10-21(11-3-1)22-12-8-13-23(20-22)29-27-17-9-19-32-31(27)33-28-18-7-6-15-25(28)24-14-4-5-16-26(24)30(29)33/h1-20H. The first-order chi connectivity index (χ1) is 16.4. The van der Waals surface area contributed by atoms with Crippen molar-refractivity contribution in [2.75, 3.05) is 0 Å². The number of fused-ring (bicyclic) bond motifs is 8. The van der Waals surface area contributed by atoms with E-state index in [9.17, 15) is 0 Å². The fourth-order valence-corrected chi connectivity index (χ4v) is 5.20. The monoisotopic (exact) mass is 420 g/mol. The lowest BCUT2D eigenvalue weighted by atomic mass is 9.96. The van der Waals surface area contributed by atoms with E-state index in [1.165, 1.54) is 54.8 Å². The summed E-state index contributed by atoms with van der Waals surface area (Å²) < 4.78 is 2.34. The van der Waals surface area contributed by atoms with Crippen molar-refractivity contribution in [1.29, 1.82) is 0 Å². The first-order valence-corrected chi connectivity index (χ1v) is 11.2. The molecule has 0 saturated heterocycles. The first kappa shape index (κ1) is 18.2. The molecule has 0 bridgehead atoms. The van der Waals surface area contributed by atoms with Crippen molar-refractivity contribution in [2.45, 2.75) is 0 Å². The van der Waals surface area contributed by atoms with E-state index in [1.807, 2.05) is 12.3 Å². The van der Waals surface area contributed by atoms with Gasteiger partial charge in [0.2, 0.25) is 0 Å². The zero-order valence-electron chi connectivity index (χ0n) is 17.9. The molecule has 0 spiro atoms. The lowest BCUT2D eigenvalue weighted by molar-refractivity contribution is 1.26. The van der Waals surface area contributed by atoms with Gasteiger partial charge in [-0.1, -0.05) is 91.0 Å². The van der Waals surface area contributed by atoms with Gasteiger partial charge in [-0.25, -0.2) is 4.98 Å². The van der Waals surface area contributed by atoms with Gasteiger partial charge in [0.25, 0.3) is 0 Å². The first-order valence-electron chi connectivity index (χ1n) is 11.2. The van der Waals surface area contributed by atoms with Crippen LogP contribution in [0.1, 0.15) is 0 Å². The lowest BCUT2D eigenvalue weighted by Gasteiger charge is -2.11. The number of aromatic nitrogens is 2. The van der Waals surface area contributed by atoms with Gasteiger partial charge in [-0.3, -0.25) is 4.40 Å². The van der Waals surface area contributed by atoms with Crippen LogP contribution in [0.15, 0.2) is 121 Å². The summed E-state index contributed by atoms with van der Waals surface area (Å²) in [5.41, 5.74) is 8.27. The van der Waals surface area contributed by atoms with Crippen molar-refractivity contribution >= 4 is 38.2 Å². The Morgan fingerprint density at radius 1 is 0.485 bits per heavy atom. The summed E-state index contributed by atoms with van der Waals surface area (Å²) in [5.74, 6) is 0. The molecule has 7 aromatic rings. The summed E-state index contributed by atoms with van der Waals surface area (Å²) >= 11 is 0. The van der Waals surface area contributed by atoms with E-state index in [4.69, 9.17) is 4.98 Å². The maximum absolute atomic E-state index is 4.86. The molecule has 0 aliphatic heterocycles. The number of pyridine rings is 2. The molecule has 0 N–H and O–H groups in total. The number of nitrogens with zero attached hydrogens (tertiary/aromatic N) is 2. The Labute approximate surface area is 191 Å². The molecular formula is C31H20N2. The smallest absolute Gasteiger partial charge is 0.145 e. The Balaban J connectivity index is 1.69. The molecule has 7 rings (SSSR count). The molecule has 0 radical (unpaired) electrons. The highest BCUT2D eigenvalue weighted by atomic mass is 15.0. The Morgan fingerprint density at radius 3 is 2.03 bits per heavy atom. The Hall–Kier alpha value is -4.43. The number of rotatable bonds is 2.